The highest BCUT2D eigenvalue weighted by Crippen LogP contribution is 2.20. The lowest BCUT2D eigenvalue weighted by Crippen LogP contribution is -2.60. The summed E-state index contributed by atoms with van der Waals surface area (Å²) in [5.41, 5.74) is 2.12. The van der Waals surface area contributed by atoms with Gasteiger partial charge in [-0.3, -0.25) is 9.78 Å². The molecule has 1 aromatic carbocycles. The second kappa shape index (κ2) is 9.78. The van der Waals surface area contributed by atoms with Crippen LogP contribution in [0.25, 0.3) is 0 Å². The number of aromatic nitrogens is 1. The number of hydrogen-bond acceptors (Lipinski definition) is 6. The number of hydrogen-bond donors (Lipinski definition) is 2. The van der Waals surface area contributed by atoms with Crippen LogP contribution in [-0.4, -0.2) is 58.8 Å². The summed E-state index contributed by atoms with van der Waals surface area (Å²) in [6.45, 7) is 7.40. The predicted octanol–water partition coefficient (Wildman–Crippen LogP) is 2.49. The number of aryl methyl sites for hydroxylation is 2. The third-order valence-electron chi connectivity index (χ3n) is 5.15. The van der Waals surface area contributed by atoms with Crippen LogP contribution in [0.4, 0.5) is 4.79 Å². The van der Waals surface area contributed by atoms with Crippen molar-refractivity contribution in [2.45, 2.75) is 39.3 Å². The van der Waals surface area contributed by atoms with E-state index in [1.807, 2.05) is 26.0 Å². The number of aromatic hydroxyl groups is 1. The number of benzene rings is 1. The highest BCUT2D eigenvalue weighted by atomic mass is 16.5. The highest BCUT2D eigenvalue weighted by molar-refractivity contribution is 5.90. The Bertz CT molecular complexity index is 905. The number of carbonyl (C=O) groups is 2. The molecule has 0 spiro atoms. The van der Waals surface area contributed by atoms with Crippen molar-refractivity contribution >= 4 is 12.0 Å². The molecule has 1 aliphatic heterocycles. The molecule has 8 heteroatoms. The van der Waals surface area contributed by atoms with Gasteiger partial charge >= 0.3 is 6.09 Å². The Kier molecular flexibility index (Phi) is 7.12. The second-order valence-corrected chi connectivity index (χ2v) is 8.04. The molecule has 2 heterocycles. The minimum absolute atomic E-state index is 0.0804. The van der Waals surface area contributed by atoms with Gasteiger partial charge in [-0.05, 0) is 56.2 Å². The van der Waals surface area contributed by atoms with E-state index in [4.69, 9.17) is 9.47 Å². The van der Waals surface area contributed by atoms with Crippen molar-refractivity contribution in [1.82, 2.24) is 15.2 Å². The maximum Gasteiger partial charge on any atom is 0.408 e. The van der Waals surface area contributed by atoms with Gasteiger partial charge in [0.15, 0.2) is 0 Å². The number of carbonyl (C=O) groups excluding carboxylic acids is 2. The van der Waals surface area contributed by atoms with Crippen LogP contribution >= 0.6 is 0 Å². The van der Waals surface area contributed by atoms with Crippen molar-refractivity contribution in [3.05, 3.63) is 58.9 Å². The molecule has 0 radical (unpaired) electrons. The Balaban J connectivity index is 1.73. The van der Waals surface area contributed by atoms with Gasteiger partial charge in [-0.25, -0.2) is 4.79 Å². The summed E-state index contributed by atoms with van der Waals surface area (Å²) in [5, 5.41) is 12.3. The lowest BCUT2D eigenvalue weighted by Gasteiger charge is -2.36. The molecule has 1 saturated heterocycles. The standard InChI is InChI=1S/C23H29N3O5/c1-16-12-19(13-17(2)24-16)15-31-22(29)25-23(3,14-18-4-6-20(27)7-5-18)21(28)26-8-10-30-11-9-26/h4-7,12-13,27H,8-11,14-15H2,1-3H3,(H,25,29)/t23-/m0/s1. The third-order valence-corrected chi connectivity index (χ3v) is 5.15. The van der Waals surface area contributed by atoms with E-state index in [1.165, 1.54) is 0 Å². The molecule has 0 saturated carbocycles. The van der Waals surface area contributed by atoms with Crippen LogP contribution < -0.4 is 5.32 Å². The van der Waals surface area contributed by atoms with Gasteiger partial charge in [-0.1, -0.05) is 12.1 Å². The molecule has 1 fully saturated rings. The number of rotatable bonds is 6. The smallest absolute Gasteiger partial charge is 0.408 e. The Hall–Kier alpha value is -3.13. The number of phenolic OH excluding ortho intramolecular Hbond substituents is 1. The Morgan fingerprint density at radius 2 is 1.74 bits per heavy atom. The zero-order valence-corrected chi connectivity index (χ0v) is 18.2. The van der Waals surface area contributed by atoms with E-state index < -0.39 is 11.6 Å². The lowest BCUT2D eigenvalue weighted by molar-refractivity contribution is -0.141. The number of morpholine rings is 1. The maximum atomic E-state index is 13.3. The summed E-state index contributed by atoms with van der Waals surface area (Å²) in [6.07, 6.45) is -0.415. The fraction of sp³-hybridized carbons (Fsp3) is 0.435. The van der Waals surface area contributed by atoms with Crippen molar-refractivity contribution < 1.29 is 24.2 Å². The number of phenols is 1. The number of pyridine rings is 1. The molecule has 0 aliphatic carbocycles. The van der Waals surface area contributed by atoms with Crippen LogP contribution in [0.3, 0.4) is 0 Å². The molecule has 1 aromatic heterocycles. The number of ether oxygens (including phenoxy) is 2. The third kappa shape index (κ3) is 6.18. The van der Waals surface area contributed by atoms with Gasteiger partial charge in [0.25, 0.3) is 0 Å². The molecule has 3 rings (SSSR count). The molecule has 166 valence electrons. The van der Waals surface area contributed by atoms with Crippen LogP contribution in [0.15, 0.2) is 36.4 Å². The van der Waals surface area contributed by atoms with Crippen LogP contribution in [-0.2, 0) is 27.3 Å². The minimum Gasteiger partial charge on any atom is -0.508 e. The van der Waals surface area contributed by atoms with Crippen molar-refractivity contribution in [1.29, 1.82) is 0 Å². The van der Waals surface area contributed by atoms with E-state index in [0.717, 1.165) is 22.5 Å². The minimum atomic E-state index is -1.21. The fourth-order valence-electron chi connectivity index (χ4n) is 3.73. The first-order valence-electron chi connectivity index (χ1n) is 10.3. The van der Waals surface area contributed by atoms with Crippen molar-refractivity contribution in [2.24, 2.45) is 0 Å². The van der Waals surface area contributed by atoms with Crippen molar-refractivity contribution in [3.8, 4) is 5.75 Å². The molecular weight excluding hydrogens is 398 g/mol. The average molecular weight is 428 g/mol. The quantitative estimate of drug-likeness (QED) is 0.735. The number of alkyl carbamates (subject to hydrolysis) is 1. The molecule has 2 aromatic rings. The zero-order valence-electron chi connectivity index (χ0n) is 18.2. The van der Waals surface area contributed by atoms with Crippen molar-refractivity contribution in [2.75, 3.05) is 26.3 Å². The normalized spacial score (nSPS) is 15.8. The Labute approximate surface area is 182 Å². The van der Waals surface area contributed by atoms with Gasteiger partial charge in [-0.15, -0.1) is 0 Å². The average Bonchev–Trinajstić information content (AvgIpc) is 2.73. The molecule has 2 amide bonds. The van der Waals surface area contributed by atoms with E-state index in [2.05, 4.69) is 10.3 Å². The van der Waals surface area contributed by atoms with Crippen LogP contribution in [0, 0.1) is 13.8 Å². The number of nitrogens with zero attached hydrogens (tertiary/aromatic N) is 2. The first-order chi connectivity index (χ1) is 14.7. The summed E-state index contributed by atoms with van der Waals surface area (Å²) >= 11 is 0. The molecule has 31 heavy (non-hydrogen) atoms. The largest absolute Gasteiger partial charge is 0.508 e. The molecule has 0 bridgehead atoms. The molecule has 1 aliphatic rings. The van der Waals surface area contributed by atoms with Gasteiger partial charge < -0.3 is 24.8 Å². The summed E-state index contributed by atoms with van der Waals surface area (Å²) < 4.78 is 10.8. The number of nitrogens with one attached hydrogen (secondary N) is 1. The first-order valence-corrected chi connectivity index (χ1v) is 10.3. The van der Waals surface area contributed by atoms with E-state index >= 15 is 0 Å². The van der Waals surface area contributed by atoms with Gasteiger partial charge in [0.05, 0.1) is 13.2 Å². The van der Waals surface area contributed by atoms with Crippen LogP contribution in [0.5, 0.6) is 5.75 Å². The monoisotopic (exact) mass is 427 g/mol. The highest BCUT2D eigenvalue weighted by Gasteiger charge is 2.39. The summed E-state index contributed by atoms with van der Waals surface area (Å²) in [5.74, 6) is -0.0586. The summed E-state index contributed by atoms with van der Waals surface area (Å²) in [4.78, 5) is 32.0. The lowest BCUT2D eigenvalue weighted by atomic mass is 9.91. The zero-order chi connectivity index (χ0) is 22.4. The molecule has 0 unspecified atom stereocenters. The molecular formula is C23H29N3O5. The fourth-order valence-corrected chi connectivity index (χ4v) is 3.73. The SMILES string of the molecule is Cc1cc(COC(=O)N[C@@](C)(Cc2ccc(O)cc2)C(=O)N2CCOCC2)cc(C)n1. The van der Waals surface area contributed by atoms with Gasteiger partial charge in [0.1, 0.15) is 17.9 Å². The second-order valence-electron chi connectivity index (χ2n) is 8.04. The predicted molar refractivity (Wildman–Crippen MR) is 115 cm³/mol. The Morgan fingerprint density at radius 3 is 2.35 bits per heavy atom. The molecule has 1 atom stereocenters. The van der Waals surface area contributed by atoms with Gasteiger partial charge in [-0.2, -0.15) is 0 Å². The first kappa shape index (κ1) is 22.6. The maximum absolute atomic E-state index is 13.3. The number of amides is 2. The summed E-state index contributed by atoms with van der Waals surface area (Å²) in [6, 6.07) is 10.3. The molecule has 2 N–H and O–H groups in total. The Morgan fingerprint density at radius 1 is 1.13 bits per heavy atom. The van der Waals surface area contributed by atoms with E-state index in [1.54, 1.807) is 36.1 Å². The van der Waals surface area contributed by atoms with E-state index in [0.29, 0.717) is 26.3 Å². The summed E-state index contributed by atoms with van der Waals surface area (Å²) in [7, 11) is 0. The van der Waals surface area contributed by atoms with Crippen molar-refractivity contribution in [3.63, 3.8) is 0 Å². The van der Waals surface area contributed by atoms with Gasteiger partial charge in [0.2, 0.25) is 5.91 Å². The molecule has 8 nitrogen and oxygen atoms in total. The van der Waals surface area contributed by atoms with Crippen LogP contribution in [0.1, 0.15) is 29.4 Å². The van der Waals surface area contributed by atoms with E-state index in [9.17, 15) is 14.7 Å². The topological polar surface area (TPSA) is 101 Å². The van der Waals surface area contributed by atoms with E-state index in [-0.39, 0.29) is 24.7 Å². The van der Waals surface area contributed by atoms with Crippen LogP contribution in [0.2, 0.25) is 0 Å². The van der Waals surface area contributed by atoms with Gasteiger partial charge in [0, 0.05) is 30.9 Å².